The number of ether oxygens (including phenoxy) is 1. The lowest BCUT2D eigenvalue weighted by Gasteiger charge is -2.21. The first-order valence-electron chi connectivity index (χ1n) is 8.24. The summed E-state index contributed by atoms with van der Waals surface area (Å²) in [6.45, 7) is 3.39. The molecule has 1 atom stereocenters. The number of rotatable bonds is 6. The first kappa shape index (κ1) is 19.2. The molecule has 6 nitrogen and oxygen atoms in total. The van der Waals surface area contributed by atoms with Gasteiger partial charge in [-0.15, -0.1) is 0 Å². The third kappa shape index (κ3) is 5.44. The molecule has 0 spiro atoms. The van der Waals surface area contributed by atoms with E-state index in [1.807, 2.05) is 30.3 Å². The molecule has 2 aromatic carbocycles. The van der Waals surface area contributed by atoms with Crippen LogP contribution in [0.2, 0.25) is 0 Å². The maximum absolute atomic E-state index is 12.4. The molecule has 0 bridgehead atoms. The standard InChI is InChI=1S/C20H22N2O4/c1-14(19(24)22(3)13-16-7-5-4-6-8-16)26-20(25)17-9-11-18(12-10-17)21-15(2)23/h4-12,14H,13H2,1-3H3,(H,21,23)/t14-/m0/s1. The summed E-state index contributed by atoms with van der Waals surface area (Å²) in [4.78, 5) is 37.1. The summed E-state index contributed by atoms with van der Waals surface area (Å²) < 4.78 is 5.26. The first-order valence-corrected chi connectivity index (χ1v) is 8.24. The van der Waals surface area contributed by atoms with Crippen molar-refractivity contribution in [1.29, 1.82) is 0 Å². The van der Waals surface area contributed by atoms with Crippen LogP contribution in [0.15, 0.2) is 54.6 Å². The number of carbonyl (C=O) groups is 3. The van der Waals surface area contributed by atoms with Crippen LogP contribution < -0.4 is 5.32 Å². The first-order chi connectivity index (χ1) is 12.4. The Labute approximate surface area is 152 Å². The van der Waals surface area contributed by atoms with E-state index in [-0.39, 0.29) is 11.8 Å². The minimum Gasteiger partial charge on any atom is -0.449 e. The van der Waals surface area contributed by atoms with E-state index in [0.717, 1.165) is 5.56 Å². The fourth-order valence-corrected chi connectivity index (χ4v) is 2.42. The van der Waals surface area contributed by atoms with Crippen LogP contribution in [0.25, 0.3) is 0 Å². The second-order valence-corrected chi connectivity index (χ2v) is 5.99. The Hall–Kier alpha value is -3.15. The Bertz CT molecular complexity index is 772. The van der Waals surface area contributed by atoms with Gasteiger partial charge >= 0.3 is 5.97 Å². The van der Waals surface area contributed by atoms with Crippen molar-refractivity contribution >= 4 is 23.5 Å². The van der Waals surface area contributed by atoms with Crippen LogP contribution >= 0.6 is 0 Å². The van der Waals surface area contributed by atoms with Crippen LogP contribution in [0.4, 0.5) is 5.69 Å². The van der Waals surface area contributed by atoms with Crippen LogP contribution in [-0.4, -0.2) is 35.8 Å². The Morgan fingerprint density at radius 3 is 2.23 bits per heavy atom. The number of nitrogens with zero attached hydrogens (tertiary/aromatic N) is 1. The molecule has 0 aliphatic rings. The SMILES string of the molecule is CC(=O)Nc1ccc(C(=O)O[C@@H](C)C(=O)N(C)Cc2ccccc2)cc1. The van der Waals surface area contributed by atoms with E-state index in [1.165, 1.54) is 11.8 Å². The lowest BCUT2D eigenvalue weighted by molar-refractivity contribution is -0.139. The molecule has 6 heteroatoms. The van der Waals surface area contributed by atoms with Gasteiger partial charge in [0.25, 0.3) is 5.91 Å². The molecule has 0 saturated heterocycles. The van der Waals surface area contributed by atoms with Crippen LogP contribution in [0.1, 0.15) is 29.8 Å². The summed E-state index contributed by atoms with van der Waals surface area (Å²) in [6.07, 6.45) is -0.897. The number of anilines is 1. The molecule has 2 amide bonds. The molecule has 1 N–H and O–H groups in total. The molecule has 0 unspecified atom stereocenters. The molecule has 0 aromatic heterocycles. The van der Waals surface area contributed by atoms with Gasteiger partial charge in [0.05, 0.1) is 5.56 Å². The van der Waals surface area contributed by atoms with E-state index in [0.29, 0.717) is 17.8 Å². The summed E-state index contributed by atoms with van der Waals surface area (Å²) in [5.74, 6) is -1.06. The van der Waals surface area contributed by atoms with Crippen molar-refractivity contribution in [3.8, 4) is 0 Å². The molecule has 0 aliphatic heterocycles. The lowest BCUT2D eigenvalue weighted by atomic mass is 10.2. The van der Waals surface area contributed by atoms with Crippen molar-refractivity contribution in [2.24, 2.45) is 0 Å². The number of hydrogen-bond donors (Lipinski definition) is 1. The van der Waals surface area contributed by atoms with Crippen molar-refractivity contribution in [2.45, 2.75) is 26.5 Å². The van der Waals surface area contributed by atoms with Gasteiger partial charge in [-0.2, -0.15) is 0 Å². The fraction of sp³-hybridized carbons (Fsp3) is 0.250. The van der Waals surface area contributed by atoms with Crippen molar-refractivity contribution in [3.05, 3.63) is 65.7 Å². The molecule has 2 rings (SSSR count). The largest absolute Gasteiger partial charge is 0.449 e. The average molecular weight is 354 g/mol. The predicted molar refractivity (Wildman–Crippen MR) is 98.5 cm³/mol. The average Bonchev–Trinajstić information content (AvgIpc) is 2.61. The second-order valence-electron chi connectivity index (χ2n) is 5.99. The zero-order valence-electron chi connectivity index (χ0n) is 15.1. The predicted octanol–water partition coefficient (Wildman–Crippen LogP) is 2.85. The monoisotopic (exact) mass is 354 g/mol. The number of nitrogens with one attached hydrogen (secondary N) is 1. The summed E-state index contributed by atoms with van der Waals surface area (Å²) >= 11 is 0. The molecule has 136 valence electrons. The molecule has 2 aromatic rings. The third-order valence-electron chi connectivity index (χ3n) is 3.71. The van der Waals surface area contributed by atoms with Gasteiger partial charge in [-0.25, -0.2) is 4.79 Å². The number of likely N-dealkylation sites (N-methyl/N-ethyl adjacent to an activating group) is 1. The summed E-state index contributed by atoms with van der Waals surface area (Å²) in [7, 11) is 1.67. The van der Waals surface area contributed by atoms with Gasteiger partial charge in [0.15, 0.2) is 6.10 Å². The second kappa shape index (κ2) is 8.80. The number of carbonyl (C=O) groups excluding carboxylic acids is 3. The maximum atomic E-state index is 12.4. The van der Waals surface area contributed by atoms with Crippen LogP contribution in [-0.2, 0) is 20.9 Å². The van der Waals surface area contributed by atoms with Gasteiger partial charge in [-0.3, -0.25) is 9.59 Å². The minimum absolute atomic E-state index is 0.194. The smallest absolute Gasteiger partial charge is 0.338 e. The molecule has 0 fully saturated rings. The van der Waals surface area contributed by atoms with Crippen LogP contribution in [0, 0.1) is 0 Å². The van der Waals surface area contributed by atoms with Crippen LogP contribution in [0.5, 0.6) is 0 Å². The Balaban J connectivity index is 1.93. The van der Waals surface area contributed by atoms with E-state index in [4.69, 9.17) is 4.74 Å². The van der Waals surface area contributed by atoms with Gasteiger partial charge in [-0.05, 0) is 36.8 Å². The zero-order valence-corrected chi connectivity index (χ0v) is 15.1. The quantitative estimate of drug-likeness (QED) is 0.810. The minimum atomic E-state index is -0.897. The molecule has 0 radical (unpaired) electrons. The third-order valence-corrected chi connectivity index (χ3v) is 3.71. The van der Waals surface area contributed by atoms with Crippen LogP contribution in [0.3, 0.4) is 0 Å². The fourth-order valence-electron chi connectivity index (χ4n) is 2.42. The molecular formula is C20H22N2O4. The van der Waals surface area contributed by atoms with Crippen molar-refractivity contribution in [1.82, 2.24) is 4.90 Å². The lowest BCUT2D eigenvalue weighted by Crippen LogP contribution is -2.37. The highest BCUT2D eigenvalue weighted by atomic mass is 16.5. The Morgan fingerprint density at radius 2 is 1.65 bits per heavy atom. The molecule has 0 aliphatic carbocycles. The molecular weight excluding hydrogens is 332 g/mol. The number of esters is 1. The molecule has 0 saturated carbocycles. The van der Waals surface area contributed by atoms with Crippen molar-refractivity contribution in [3.63, 3.8) is 0 Å². The molecule has 0 heterocycles. The van der Waals surface area contributed by atoms with Gasteiger partial charge in [0.1, 0.15) is 0 Å². The number of benzene rings is 2. The Kier molecular flexibility index (Phi) is 6.49. The number of hydrogen-bond acceptors (Lipinski definition) is 4. The van der Waals surface area contributed by atoms with Gasteiger partial charge < -0.3 is 15.0 Å². The maximum Gasteiger partial charge on any atom is 0.338 e. The topological polar surface area (TPSA) is 75.7 Å². The number of amides is 2. The highest BCUT2D eigenvalue weighted by molar-refractivity contribution is 5.93. The summed E-state index contributed by atoms with van der Waals surface area (Å²) in [5.41, 5.74) is 1.89. The molecule has 26 heavy (non-hydrogen) atoms. The summed E-state index contributed by atoms with van der Waals surface area (Å²) in [6, 6.07) is 15.9. The van der Waals surface area contributed by atoms with Crippen molar-refractivity contribution < 1.29 is 19.1 Å². The van der Waals surface area contributed by atoms with E-state index < -0.39 is 12.1 Å². The van der Waals surface area contributed by atoms with E-state index in [2.05, 4.69) is 5.32 Å². The van der Waals surface area contributed by atoms with Gasteiger partial charge in [0, 0.05) is 26.2 Å². The summed E-state index contributed by atoms with van der Waals surface area (Å²) in [5, 5.41) is 2.62. The zero-order chi connectivity index (χ0) is 19.1. The Morgan fingerprint density at radius 1 is 1.04 bits per heavy atom. The van der Waals surface area contributed by atoms with E-state index in [9.17, 15) is 14.4 Å². The van der Waals surface area contributed by atoms with Gasteiger partial charge in [-0.1, -0.05) is 30.3 Å². The normalized spacial score (nSPS) is 11.3. The van der Waals surface area contributed by atoms with E-state index in [1.54, 1.807) is 38.2 Å². The van der Waals surface area contributed by atoms with E-state index >= 15 is 0 Å². The van der Waals surface area contributed by atoms with Crippen molar-refractivity contribution in [2.75, 3.05) is 12.4 Å². The van der Waals surface area contributed by atoms with Gasteiger partial charge in [0.2, 0.25) is 5.91 Å². The highest BCUT2D eigenvalue weighted by Gasteiger charge is 2.22. The highest BCUT2D eigenvalue weighted by Crippen LogP contribution is 2.12.